The van der Waals surface area contributed by atoms with Gasteiger partial charge in [-0.3, -0.25) is 4.79 Å². The van der Waals surface area contributed by atoms with Gasteiger partial charge in [-0.1, -0.05) is 33.1 Å². The molecule has 1 aliphatic carbocycles. The Morgan fingerprint density at radius 1 is 1.20 bits per heavy atom. The SMILES string of the molecule is CCCC(C)C(=O)N1CCCCC1C1CCCCC1O. The molecule has 1 N–H and O–H groups in total. The fourth-order valence-electron chi connectivity index (χ4n) is 4.10. The molecule has 3 heteroatoms. The molecule has 2 aliphatic rings. The summed E-state index contributed by atoms with van der Waals surface area (Å²) in [6, 6.07) is 0.297. The Hall–Kier alpha value is -0.570. The van der Waals surface area contributed by atoms with Gasteiger partial charge in [0.1, 0.15) is 0 Å². The van der Waals surface area contributed by atoms with Gasteiger partial charge in [0, 0.05) is 24.4 Å². The zero-order valence-electron chi connectivity index (χ0n) is 13.2. The van der Waals surface area contributed by atoms with Crippen molar-refractivity contribution in [2.45, 2.75) is 83.8 Å². The van der Waals surface area contributed by atoms with Gasteiger partial charge >= 0.3 is 0 Å². The van der Waals surface area contributed by atoms with E-state index in [2.05, 4.69) is 18.7 Å². The topological polar surface area (TPSA) is 40.5 Å². The lowest BCUT2D eigenvalue weighted by atomic mass is 9.77. The molecule has 3 nitrogen and oxygen atoms in total. The molecule has 2 rings (SSSR count). The number of rotatable bonds is 4. The summed E-state index contributed by atoms with van der Waals surface area (Å²) in [5.41, 5.74) is 0. The Bertz CT molecular complexity index is 318. The van der Waals surface area contributed by atoms with Crippen molar-refractivity contribution in [1.29, 1.82) is 0 Å². The Balaban J connectivity index is 2.06. The molecule has 0 radical (unpaired) electrons. The van der Waals surface area contributed by atoms with Crippen molar-refractivity contribution in [2.75, 3.05) is 6.54 Å². The summed E-state index contributed by atoms with van der Waals surface area (Å²) in [7, 11) is 0. The van der Waals surface area contributed by atoms with E-state index in [4.69, 9.17) is 0 Å². The first-order valence-corrected chi connectivity index (χ1v) is 8.63. The molecule has 1 saturated heterocycles. The molecular formula is C17H31NO2. The maximum atomic E-state index is 12.7. The van der Waals surface area contributed by atoms with E-state index in [1.54, 1.807) is 0 Å². The molecule has 4 atom stereocenters. The maximum absolute atomic E-state index is 12.7. The van der Waals surface area contributed by atoms with Gasteiger partial charge in [0.2, 0.25) is 5.91 Å². The predicted octanol–water partition coefficient (Wildman–Crippen LogP) is 3.35. The van der Waals surface area contributed by atoms with E-state index in [-0.39, 0.29) is 12.0 Å². The van der Waals surface area contributed by atoms with Gasteiger partial charge in [0.05, 0.1) is 6.10 Å². The average Bonchev–Trinajstić information content (AvgIpc) is 2.47. The minimum Gasteiger partial charge on any atom is -0.393 e. The van der Waals surface area contributed by atoms with Gasteiger partial charge in [-0.15, -0.1) is 0 Å². The minimum atomic E-state index is -0.191. The molecule has 1 saturated carbocycles. The third-order valence-electron chi connectivity index (χ3n) is 5.25. The van der Waals surface area contributed by atoms with Gasteiger partial charge in [-0.2, -0.15) is 0 Å². The number of aliphatic hydroxyl groups excluding tert-OH is 1. The van der Waals surface area contributed by atoms with Crippen LogP contribution in [0.1, 0.15) is 71.6 Å². The Labute approximate surface area is 123 Å². The molecule has 0 aromatic carbocycles. The zero-order chi connectivity index (χ0) is 14.5. The number of piperidine rings is 1. The van der Waals surface area contributed by atoms with Gasteiger partial charge in [0.25, 0.3) is 0 Å². The molecule has 1 heterocycles. The number of hydrogen-bond acceptors (Lipinski definition) is 2. The number of carbonyl (C=O) groups is 1. The van der Waals surface area contributed by atoms with Crippen molar-refractivity contribution >= 4 is 5.91 Å². The fraction of sp³-hybridized carbons (Fsp3) is 0.941. The molecule has 4 unspecified atom stereocenters. The quantitative estimate of drug-likeness (QED) is 0.858. The van der Waals surface area contributed by atoms with Crippen molar-refractivity contribution in [3.05, 3.63) is 0 Å². The largest absolute Gasteiger partial charge is 0.393 e. The predicted molar refractivity (Wildman–Crippen MR) is 81.4 cm³/mol. The highest BCUT2D eigenvalue weighted by Gasteiger charge is 2.38. The van der Waals surface area contributed by atoms with Crippen molar-refractivity contribution < 1.29 is 9.90 Å². The van der Waals surface area contributed by atoms with Crippen molar-refractivity contribution in [3.63, 3.8) is 0 Å². The van der Waals surface area contributed by atoms with Crippen LogP contribution in [0.15, 0.2) is 0 Å². The molecule has 0 aromatic rings. The highest BCUT2D eigenvalue weighted by molar-refractivity contribution is 5.79. The Kier molecular flexibility index (Phi) is 5.88. The summed E-state index contributed by atoms with van der Waals surface area (Å²) in [4.78, 5) is 14.8. The lowest BCUT2D eigenvalue weighted by molar-refractivity contribution is -0.142. The van der Waals surface area contributed by atoms with Crippen LogP contribution >= 0.6 is 0 Å². The third kappa shape index (κ3) is 3.55. The van der Waals surface area contributed by atoms with Crippen LogP contribution < -0.4 is 0 Å². The molecule has 0 spiro atoms. The summed E-state index contributed by atoms with van der Waals surface area (Å²) < 4.78 is 0. The van der Waals surface area contributed by atoms with Crippen molar-refractivity contribution in [3.8, 4) is 0 Å². The van der Waals surface area contributed by atoms with Crippen molar-refractivity contribution in [1.82, 2.24) is 4.90 Å². The first-order chi connectivity index (χ1) is 9.65. The Morgan fingerprint density at radius 3 is 2.60 bits per heavy atom. The second-order valence-corrected chi connectivity index (χ2v) is 6.80. The molecule has 2 fully saturated rings. The lowest BCUT2D eigenvalue weighted by Crippen LogP contribution is -2.52. The molecule has 1 aliphatic heterocycles. The zero-order valence-corrected chi connectivity index (χ0v) is 13.2. The van der Waals surface area contributed by atoms with E-state index in [9.17, 15) is 9.90 Å². The van der Waals surface area contributed by atoms with Crippen LogP contribution in [-0.2, 0) is 4.79 Å². The number of nitrogens with zero attached hydrogens (tertiary/aromatic N) is 1. The van der Waals surface area contributed by atoms with Crippen LogP contribution in [-0.4, -0.2) is 34.6 Å². The van der Waals surface area contributed by atoms with Crippen LogP contribution in [0.25, 0.3) is 0 Å². The summed E-state index contributed by atoms with van der Waals surface area (Å²) in [6.07, 6.45) is 9.66. The first-order valence-electron chi connectivity index (χ1n) is 8.63. The smallest absolute Gasteiger partial charge is 0.225 e. The first kappa shape index (κ1) is 15.8. The Morgan fingerprint density at radius 2 is 1.90 bits per heavy atom. The second kappa shape index (κ2) is 7.44. The molecule has 1 amide bonds. The monoisotopic (exact) mass is 281 g/mol. The third-order valence-corrected chi connectivity index (χ3v) is 5.25. The molecule has 116 valence electrons. The van der Waals surface area contributed by atoms with E-state index in [0.717, 1.165) is 51.5 Å². The van der Waals surface area contributed by atoms with E-state index >= 15 is 0 Å². The van der Waals surface area contributed by atoms with Crippen LogP contribution in [0.4, 0.5) is 0 Å². The molecule has 0 bridgehead atoms. The highest BCUT2D eigenvalue weighted by atomic mass is 16.3. The number of amides is 1. The minimum absolute atomic E-state index is 0.140. The summed E-state index contributed by atoms with van der Waals surface area (Å²) in [5.74, 6) is 0.789. The maximum Gasteiger partial charge on any atom is 0.225 e. The number of hydrogen-bond donors (Lipinski definition) is 1. The summed E-state index contributed by atoms with van der Waals surface area (Å²) in [5, 5.41) is 10.3. The van der Waals surface area contributed by atoms with Crippen molar-refractivity contribution in [2.24, 2.45) is 11.8 Å². The van der Waals surface area contributed by atoms with E-state index in [1.807, 2.05) is 0 Å². The normalized spacial score (nSPS) is 33.0. The van der Waals surface area contributed by atoms with Gasteiger partial charge in [0.15, 0.2) is 0 Å². The van der Waals surface area contributed by atoms with Crippen LogP contribution in [0, 0.1) is 11.8 Å². The number of aliphatic hydroxyl groups is 1. The van der Waals surface area contributed by atoms with Crippen LogP contribution in [0.5, 0.6) is 0 Å². The van der Waals surface area contributed by atoms with Gasteiger partial charge < -0.3 is 10.0 Å². The number of likely N-dealkylation sites (tertiary alicyclic amines) is 1. The standard InChI is InChI=1S/C17H31NO2/c1-3-8-13(2)17(20)18-12-7-6-10-15(18)14-9-4-5-11-16(14)19/h13-16,19H,3-12H2,1-2H3. The summed E-state index contributed by atoms with van der Waals surface area (Å²) >= 11 is 0. The van der Waals surface area contributed by atoms with E-state index < -0.39 is 0 Å². The molecule has 0 aromatic heterocycles. The molecule has 20 heavy (non-hydrogen) atoms. The fourth-order valence-corrected chi connectivity index (χ4v) is 4.10. The van der Waals surface area contributed by atoms with E-state index in [1.165, 1.54) is 12.8 Å². The average molecular weight is 281 g/mol. The number of carbonyl (C=O) groups excluding carboxylic acids is 1. The highest BCUT2D eigenvalue weighted by Crippen LogP contribution is 2.34. The lowest BCUT2D eigenvalue weighted by Gasteiger charge is -2.44. The summed E-state index contributed by atoms with van der Waals surface area (Å²) in [6.45, 7) is 5.11. The van der Waals surface area contributed by atoms with Gasteiger partial charge in [-0.05, 0) is 38.5 Å². The van der Waals surface area contributed by atoms with Crippen LogP contribution in [0.3, 0.4) is 0 Å². The molecular weight excluding hydrogens is 250 g/mol. The van der Waals surface area contributed by atoms with Crippen LogP contribution in [0.2, 0.25) is 0 Å². The van der Waals surface area contributed by atoms with E-state index in [0.29, 0.717) is 17.9 Å². The second-order valence-electron chi connectivity index (χ2n) is 6.80. The van der Waals surface area contributed by atoms with Gasteiger partial charge in [-0.25, -0.2) is 0 Å².